The summed E-state index contributed by atoms with van der Waals surface area (Å²) in [4.78, 5) is 34.0. The minimum atomic E-state index is -0.470. The number of carbonyl (C=O) groups is 2. The van der Waals surface area contributed by atoms with Crippen LogP contribution in [0.4, 0.5) is 4.79 Å². The number of ether oxygens (including phenoxy) is 1. The molecular formula is C19H37IN6O3. The van der Waals surface area contributed by atoms with Crippen LogP contribution in [0.1, 0.15) is 34.6 Å². The van der Waals surface area contributed by atoms with Crippen molar-refractivity contribution in [2.45, 2.75) is 46.3 Å². The fraction of sp³-hybridized carbons (Fsp3) is 0.842. The van der Waals surface area contributed by atoms with Crippen molar-refractivity contribution in [3.63, 3.8) is 0 Å². The predicted molar refractivity (Wildman–Crippen MR) is 125 cm³/mol. The fourth-order valence-electron chi connectivity index (χ4n) is 3.15. The van der Waals surface area contributed by atoms with Gasteiger partial charge in [-0.3, -0.25) is 14.7 Å². The Hall–Kier alpha value is -1.30. The monoisotopic (exact) mass is 524 g/mol. The van der Waals surface area contributed by atoms with Crippen LogP contribution in [0.3, 0.4) is 0 Å². The van der Waals surface area contributed by atoms with E-state index in [0.717, 1.165) is 45.2 Å². The number of guanidine groups is 1. The summed E-state index contributed by atoms with van der Waals surface area (Å²) in [5.41, 5.74) is -0.470. The number of halogens is 1. The maximum atomic E-state index is 12.0. The Balaban J connectivity index is 0.00000420. The summed E-state index contributed by atoms with van der Waals surface area (Å²) in [6.07, 6.45) is -0.266. The Labute approximate surface area is 191 Å². The Morgan fingerprint density at radius 1 is 1.10 bits per heavy atom. The minimum Gasteiger partial charge on any atom is -0.444 e. The van der Waals surface area contributed by atoms with Gasteiger partial charge in [-0.1, -0.05) is 0 Å². The van der Waals surface area contributed by atoms with Crippen molar-refractivity contribution >= 4 is 41.9 Å². The molecule has 0 radical (unpaired) electrons. The van der Waals surface area contributed by atoms with E-state index in [-0.39, 0.29) is 42.0 Å². The second-order valence-electron chi connectivity index (χ2n) is 8.33. The summed E-state index contributed by atoms with van der Waals surface area (Å²) in [6.45, 7) is 16.2. The van der Waals surface area contributed by atoms with Gasteiger partial charge in [0, 0.05) is 59.3 Å². The van der Waals surface area contributed by atoms with Crippen molar-refractivity contribution in [3.8, 4) is 0 Å². The Bertz CT molecular complexity index is 567. The van der Waals surface area contributed by atoms with Gasteiger partial charge in [0.2, 0.25) is 5.91 Å². The summed E-state index contributed by atoms with van der Waals surface area (Å²) in [7, 11) is 0. The SMILES string of the molecule is CCNC(=NCCN1CCN(C(C)=O)CC1)NC1CN(C(=O)OC(C)(C)C)C1.I. The minimum absolute atomic E-state index is 0. The van der Waals surface area contributed by atoms with Crippen molar-refractivity contribution in [2.24, 2.45) is 4.99 Å². The first-order chi connectivity index (χ1) is 13.2. The van der Waals surface area contributed by atoms with Crippen molar-refractivity contribution in [1.82, 2.24) is 25.3 Å². The molecule has 0 aromatic heterocycles. The highest BCUT2D eigenvalue weighted by Crippen LogP contribution is 2.15. The first-order valence-corrected chi connectivity index (χ1v) is 10.2. The number of hydrogen-bond acceptors (Lipinski definition) is 5. The summed E-state index contributed by atoms with van der Waals surface area (Å²) in [6, 6.07) is 0.185. The maximum Gasteiger partial charge on any atom is 0.410 e. The molecule has 9 nitrogen and oxygen atoms in total. The summed E-state index contributed by atoms with van der Waals surface area (Å²) in [5, 5.41) is 6.64. The van der Waals surface area contributed by atoms with Gasteiger partial charge in [0.15, 0.2) is 5.96 Å². The molecule has 2 N–H and O–H groups in total. The lowest BCUT2D eigenvalue weighted by Crippen LogP contribution is -2.63. The molecule has 2 amide bonds. The standard InChI is InChI=1S/C19H36N6O3.HI/c1-6-20-17(21-7-8-23-9-11-24(12-10-23)15(2)26)22-16-13-25(14-16)18(27)28-19(3,4)5;/h16H,6-14H2,1-5H3,(H2,20,21,22);1H. The highest BCUT2D eigenvalue weighted by atomic mass is 127. The summed E-state index contributed by atoms with van der Waals surface area (Å²) < 4.78 is 5.38. The number of aliphatic imine (C=N–C) groups is 1. The number of amides is 2. The van der Waals surface area contributed by atoms with Crippen LogP contribution in [0.2, 0.25) is 0 Å². The zero-order valence-corrected chi connectivity index (χ0v) is 20.7. The van der Waals surface area contributed by atoms with Gasteiger partial charge in [-0.2, -0.15) is 0 Å². The normalized spacial score (nSPS) is 18.6. The molecule has 29 heavy (non-hydrogen) atoms. The zero-order chi connectivity index (χ0) is 20.7. The molecule has 0 saturated carbocycles. The molecule has 0 spiro atoms. The number of piperazine rings is 1. The van der Waals surface area contributed by atoms with E-state index in [1.165, 1.54) is 0 Å². The molecule has 0 aromatic carbocycles. The van der Waals surface area contributed by atoms with Crippen molar-refractivity contribution < 1.29 is 14.3 Å². The number of nitrogens with one attached hydrogen (secondary N) is 2. The molecule has 0 bridgehead atoms. The Morgan fingerprint density at radius 3 is 2.24 bits per heavy atom. The molecule has 0 aromatic rings. The quantitative estimate of drug-likeness (QED) is 0.316. The van der Waals surface area contributed by atoms with E-state index in [0.29, 0.717) is 19.6 Å². The van der Waals surface area contributed by atoms with Gasteiger partial charge in [0.1, 0.15) is 5.60 Å². The van der Waals surface area contributed by atoms with Crippen LogP contribution in [0.15, 0.2) is 4.99 Å². The second kappa shape index (κ2) is 11.8. The predicted octanol–water partition coefficient (Wildman–Crippen LogP) is 0.943. The van der Waals surface area contributed by atoms with E-state index < -0.39 is 5.60 Å². The fourth-order valence-corrected chi connectivity index (χ4v) is 3.15. The molecule has 2 heterocycles. The second-order valence-corrected chi connectivity index (χ2v) is 8.33. The van der Waals surface area contributed by atoms with E-state index in [1.54, 1.807) is 11.8 Å². The van der Waals surface area contributed by atoms with Gasteiger partial charge >= 0.3 is 6.09 Å². The highest BCUT2D eigenvalue weighted by molar-refractivity contribution is 14.0. The lowest BCUT2D eigenvalue weighted by Gasteiger charge is -2.40. The third kappa shape index (κ3) is 8.93. The van der Waals surface area contributed by atoms with E-state index in [2.05, 4.69) is 20.5 Å². The topological polar surface area (TPSA) is 89.5 Å². The van der Waals surface area contributed by atoms with Crippen LogP contribution in [0.25, 0.3) is 0 Å². The smallest absolute Gasteiger partial charge is 0.410 e. The third-order valence-electron chi connectivity index (χ3n) is 4.72. The number of likely N-dealkylation sites (tertiary alicyclic amines) is 1. The van der Waals surface area contributed by atoms with Crippen LogP contribution in [-0.2, 0) is 9.53 Å². The number of rotatable bonds is 5. The largest absolute Gasteiger partial charge is 0.444 e. The molecule has 0 aliphatic carbocycles. The van der Waals surface area contributed by atoms with Crippen molar-refractivity contribution in [3.05, 3.63) is 0 Å². The average molecular weight is 524 g/mol. The van der Waals surface area contributed by atoms with Gasteiger partial charge in [-0.15, -0.1) is 24.0 Å². The zero-order valence-electron chi connectivity index (χ0n) is 18.4. The highest BCUT2D eigenvalue weighted by Gasteiger charge is 2.34. The number of nitrogens with zero attached hydrogens (tertiary/aromatic N) is 4. The maximum absolute atomic E-state index is 12.0. The molecule has 2 rings (SSSR count). The van der Waals surface area contributed by atoms with Crippen LogP contribution in [-0.4, -0.2) is 103 Å². The van der Waals surface area contributed by atoms with Crippen molar-refractivity contribution in [1.29, 1.82) is 0 Å². The average Bonchev–Trinajstić information content (AvgIpc) is 2.56. The number of carbonyl (C=O) groups excluding carboxylic acids is 2. The molecule has 2 saturated heterocycles. The van der Waals surface area contributed by atoms with Crippen LogP contribution < -0.4 is 10.6 Å². The van der Waals surface area contributed by atoms with E-state index in [4.69, 9.17) is 4.74 Å². The Kier molecular flexibility index (Phi) is 10.4. The summed E-state index contributed by atoms with van der Waals surface area (Å²) >= 11 is 0. The molecule has 2 fully saturated rings. The first kappa shape index (κ1) is 25.7. The lowest BCUT2D eigenvalue weighted by atomic mass is 10.1. The molecule has 2 aliphatic heterocycles. The van der Waals surface area contributed by atoms with Gasteiger partial charge in [-0.05, 0) is 27.7 Å². The molecular weight excluding hydrogens is 487 g/mol. The first-order valence-electron chi connectivity index (χ1n) is 10.2. The van der Waals surface area contributed by atoms with E-state index in [9.17, 15) is 9.59 Å². The van der Waals surface area contributed by atoms with Gasteiger partial charge in [0.05, 0.1) is 12.6 Å². The van der Waals surface area contributed by atoms with Crippen LogP contribution in [0, 0.1) is 0 Å². The lowest BCUT2D eigenvalue weighted by molar-refractivity contribution is -0.130. The molecule has 168 valence electrons. The molecule has 0 unspecified atom stereocenters. The van der Waals surface area contributed by atoms with Gasteiger partial charge in [0.25, 0.3) is 0 Å². The van der Waals surface area contributed by atoms with Crippen molar-refractivity contribution in [2.75, 3.05) is 58.9 Å². The third-order valence-corrected chi connectivity index (χ3v) is 4.72. The molecule has 2 aliphatic rings. The Morgan fingerprint density at radius 2 is 1.72 bits per heavy atom. The molecule has 10 heteroatoms. The van der Waals surface area contributed by atoms with Gasteiger partial charge < -0.3 is 25.2 Å². The number of hydrogen-bond donors (Lipinski definition) is 2. The van der Waals surface area contributed by atoms with Gasteiger partial charge in [-0.25, -0.2) is 4.79 Å². The van der Waals surface area contributed by atoms with Crippen LogP contribution in [0.5, 0.6) is 0 Å². The van der Waals surface area contributed by atoms with E-state index >= 15 is 0 Å². The van der Waals surface area contributed by atoms with Crippen LogP contribution >= 0.6 is 24.0 Å². The molecule has 0 atom stereocenters. The van der Waals surface area contributed by atoms with E-state index in [1.807, 2.05) is 32.6 Å². The summed E-state index contributed by atoms with van der Waals surface area (Å²) in [5.74, 6) is 0.927.